The lowest BCUT2D eigenvalue weighted by Crippen LogP contribution is -2.30. The predicted octanol–water partition coefficient (Wildman–Crippen LogP) is 2.53. The molecule has 0 saturated carbocycles. The second-order valence-corrected chi connectivity index (χ2v) is 5.12. The van der Waals surface area contributed by atoms with Gasteiger partial charge in [0.05, 0.1) is 6.20 Å². The van der Waals surface area contributed by atoms with Crippen molar-refractivity contribution in [1.29, 1.82) is 0 Å². The molecule has 0 aliphatic rings. The van der Waals surface area contributed by atoms with E-state index in [2.05, 4.69) is 16.5 Å². The third-order valence-corrected chi connectivity index (χ3v) is 2.80. The van der Waals surface area contributed by atoms with Crippen LogP contribution in [0.4, 0.5) is 0 Å². The van der Waals surface area contributed by atoms with E-state index < -0.39 is 0 Å². The van der Waals surface area contributed by atoms with Gasteiger partial charge in [-0.1, -0.05) is 6.07 Å². The molecule has 1 aromatic heterocycles. The summed E-state index contributed by atoms with van der Waals surface area (Å²) in [5.41, 5.74) is 3.79. The van der Waals surface area contributed by atoms with Gasteiger partial charge >= 0.3 is 0 Å². The minimum atomic E-state index is -0.0381. The van der Waals surface area contributed by atoms with Crippen LogP contribution >= 0.6 is 0 Å². The molecule has 0 fully saturated rings. The van der Waals surface area contributed by atoms with Crippen LogP contribution in [0.15, 0.2) is 30.6 Å². The Morgan fingerprint density at radius 2 is 2.00 bits per heavy atom. The Hall–Kier alpha value is -2.10. The number of aromatic nitrogens is 2. The number of benzene rings is 1. The van der Waals surface area contributed by atoms with E-state index in [1.807, 2.05) is 46.1 Å². The number of aryl methyl sites for hydroxylation is 2. The monoisotopic (exact) mass is 257 g/mol. The van der Waals surface area contributed by atoms with Crippen molar-refractivity contribution >= 4 is 5.91 Å². The first-order valence-corrected chi connectivity index (χ1v) is 6.37. The first-order chi connectivity index (χ1) is 8.95. The van der Waals surface area contributed by atoms with Gasteiger partial charge in [-0.3, -0.25) is 9.48 Å². The number of nitrogens with zero attached hydrogens (tertiary/aromatic N) is 2. The molecular formula is C15H19N3O. The second kappa shape index (κ2) is 5.26. The standard InChI is InChI=1S/C15H19N3O/c1-10(2)17-15(19)13-6-11(3)5-12(7-13)14-8-16-18(4)9-14/h5-10H,1-4H3,(H,17,19). The smallest absolute Gasteiger partial charge is 0.251 e. The van der Waals surface area contributed by atoms with Gasteiger partial charge in [0.2, 0.25) is 0 Å². The largest absolute Gasteiger partial charge is 0.350 e. The molecule has 0 aliphatic heterocycles. The van der Waals surface area contributed by atoms with Crippen molar-refractivity contribution in [2.45, 2.75) is 26.8 Å². The molecule has 0 radical (unpaired) electrons. The highest BCUT2D eigenvalue weighted by atomic mass is 16.1. The van der Waals surface area contributed by atoms with Crippen LogP contribution in [0.2, 0.25) is 0 Å². The second-order valence-electron chi connectivity index (χ2n) is 5.12. The number of hydrogen-bond acceptors (Lipinski definition) is 2. The van der Waals surface area contributed by atoms with Gasteiger partial charge in [-0.05, 0) is 44.0 Å². The van der Waals surface area contributed by atoms with Crippen molar-refractivity contribution < 1.29 is 4.79 Å². The first kappa shape index (κ1) is 13.3. The summed E-state index contributed by atoms with van der Waals surface area (Å²) in [6.07, 6.45) is 3.75. The molecular weight excluding hydrogens is 238 g/mol. The number of hydrogen-bond donors (Lipinski definition) is 1. The summed E-state index contributed by atoms with van der Waals surface area (Å²) in [6, 6.07) is 6.00. The zero-order valence-electron chi connectivity index (χ0n) is 11.8. The summed E-state index contributed by atoms with van der Waals surface area (Å²) in [5, 5.41) is 7.07. The third kappa shape index (κ3) is 3.22. The molecule has 0 spiro atoms. The topological polar surface area (TPSA) is 46.9 Å². The Labute approximate surface area is 113 Å². The van der Waals surface area contributed by atoms with Gasteiger partial charge in [-0.15, -0.1) is 0 Å². The zero-order chi connectivity index (χ0) is 14.0. The molecule has 1 aromatic carbocycles. The molecule has 4 nitrogen and oxygen atoms in total. The molecule has 0 saturated heterocycles. The van der Waals surface area contributed by atoms with Gasteiger partial charge in [-0.25, -0.2) is 0 Å². The Morgan fingerprint density at radius 1 is 1.26 bits per heavy atom. The molecule has 1 amide bonds. The van der Waals surface area contributed by atoms with Gasteiger partial charge in [0, 0.05) is 30.4 Å². The van der Waals surface area contributed by atoms with E-state index in [-0.39, 0.29) is 11.9 Å². The van der Waals surface area contributed by atoms with E-state index in [0.29, 0.717) is 5.56 Å². The van der Waals surface area contributed by atoms with Crippen molar-refractivity contribution in [1.82, 2.24) is 15.1 Å². The maximum absolute atomic E-state index is 12.1. The normalized spacial score (nSPS) is 10.8. The number of carbonyl (C=O) groups is 1. The molecule has 1 N–H and O–H groups in total. The van der Waals surface area contributed by atoms with Crippen LogP contribution in [0, 0.1) is 6.92 Å². The van der Waals surface area contributed by atoms with Crippen molar-refractivity contribution in [2.24, 2.45) is 7.05 Å². The molecule has 2 aromatic rings. The highest BCUT2D eigenvalue weighted by Gasteiger charge is 2.10. The SMILES string of the molecule is Cc1cc(C(=O)NC(C)C)cc(-c2cnn(C)c2)c1. The minimum Gasteiger partial charge on any atom is -0.350 e. The highest BCUT2D eigenvalue weighted by molar-refractivity contribution is 5.95. The van der Waals surface area contributed by atoms with Crippen molar-refractivity contribution in [2.75, 3.05) is 0 Å². The average molecular weight is 257 g/mol. The Balaban J connectivity index is 2.37. The van der Waals surface area contributed by atoms with E-state index in [1.165, 1.54) is 0 Å². The zero-order valence-corrected chi connectivity index (χ0v) is 11.8. The van der Waals surface area contributed by atoms with Crippen LogP contribution in [0.25, 0.3) is 11.1 Å². The maximum Gasteiger partial charge on any atom is 0.251 e. The summed E-state index contributed by atoms with van der Waals surface area (Å²) in [5.74, 6) is -0.0381. The van der Waals surface area contributed by atoms with Crippen LogP contribution < -0.4 is 5.32 Å². The van der Waals surface area contributed by atoms with E-state index >= 15 is 0 Å². The average Bonchev–Trinajstić information content (AvgIpc) is 2.74. The molecule has 0 aliphatic carbocycles. The summed E-state index contributed by atoms with van der Waals surface area (Å²) < 4.78 is 1.76. The Bertz CT molecular complexity index is 599. The predicted molar refractivity (Wildman–Crippen MR) is 76.0 cm³/mol. The molecule has 0 unspecified atom stereocenters. The van der Waals surface area contributed by atoms with Crippen molar-refractivity contribution in [3.63, 3.8) is 0 Å². The molecule has 19 heavy (non-hydrogen) atoms. The molecule has 0 atom stereocenters. The van der Waals surface area contributed by atoms with Gasteiger partial charge in [0.25, 0.3) is 5.91 Å². The molecule has 0 bridgehead atoms. The summed E-state index contributed by atoms with van der Waals surface area (Å²) in [4.78, 5) is 12.1. The fourth-order valence-electron chi connectivity index (χ4n) is 2.00. The number of nitrogens with one attached hydrogen (secondary N) is 1. The summed E-state index contributed by atoms with van der Waals surface area (Å²) in [6.45, 7) is 5.90. The van der Waals surface area contributed by atoms with Crippen molar-refractivity contribution in [3.05, 3.63) is 41.7 Å². The quantitative estimate of drug-likeness (QED) is 0.918. The first-order valence-electron chi connectivity index (χ1n) is 6.37. The lowest BCUT2D eigenvalue weighted by molar-refractivity contribution is 0.0943. The fraction of sp³-hybridized carbons (Fsp3) is 0.333. The van der Waals surface area contributed by atoms with Crippen LogP contribution in [-0.2, 0) is 7.05 Å². The minimum absolute atomic E-state index is 0.0381. The van der Waals surface area contributed by atoms with Gasteiger partial charge in [-0.2, -0.15) is 5.10 Å². The molecule has 4 heteroatoms. The van der Waals surface area contributed by atoms with Crippen LogP contribution in [0.1, 0.15) is 29.8 Å². The van der Waals surface area contributed by atoms with E-state index in [9.17, 15) is 4.79 Å². The molecule has 100 valence electrons. The van der Waals surface area contributed by atoms with E-state index in [1.54, 1.807) is 10.9 Å². The fourth-order valence-corrected chi connectivity index (χ4v) is 2.00. The van der Waals surface area contributed by atoms with Crippen LogP contribution in [-0.4, -0.2) is 21.7 Å². The van der Waals surface area contributed by atoms with E-state index in [0.717, 1.165) is 16.7 Å². The number of carbonyl (C=O) groups excluding carboxylic acids is 1. The molecule has 1 heterocycles. The van der Waals surface area contributed by atoms with Crippen LogP contribution in [0.3, 0.4) is 0 Å². The third-order valence-electron chi connectivity index (χ3n) is 2.80. The Kier molecular flexibility index (Phi) is 3.69. The maximum atomic E-state index is 12.1. The molecule has 2 rings (SSSR count). The van der Waals surface area contributed by atoms with E-state index in [4.69, 9.17) is 0 Å². The van der Waals surface area contributed by atoms with Gasteiger partial charge < -0.3 is 5.32 Å². The lowest BCUT2D eigenvalue weighted by Gasteiger charge is -2.10. The van der Waals surface area contributed by atoms with Gasteiger partial charge in [0.15, 0.2) is 0 Å². The summed E-state index contributed by atoms with van der Waals surface area (Å²) in [7, 11) is 1.88. The number of rotatable bonds is 3. The van der Waals surface area contributed by atoms with Gasteiger partial charge in [0.1, 0.15) is 0 Å². The lowest BCUT2D eigenvalue weighted by atomic mass is 10.0. The van der Waals surface area contributed by atoms with Crippen LogP contribution in [0.5, 0.6) is 0 Å². The van der Waals surface area contributed by atoms with Crippen molar-refractivity contribution in [3.8, 4) is 11.1 Å². The highest BCUT2D eigenvalue weighted by Crippen LogP contribution is 2.21. The number of amides is 1. The summed E-state index contributed by atoms with van der Waals surface area (Å²) >= 11 is 0. The Morgan fingerprint density at radius 3 is 2.58 bits per heavy atom.